The van der Waals surface area contributed by atoms with E-state index in [9.17, 15) is 39.7 Å². The number of halogens is 5. The van der Waals surface area contributed by atoms with E-state index in [0.29, 0.717) is 11.3 Å². The Labute approximate surface area is 279 Å². The van der Waals surface area contributed by atoms with Crippen LogP contribution in [0.25, 0.3) is 0 Å². The zero-order valence-electron chi connectivity index (χ0n) is 25.9. The number of hydrogen-bond donors (Lipinski definition) is 3. The number of nitrogens with zero attached hydrogens (tertiary/aromatic N) is 1. The lowest BCUT2D eigenvalue weighted by Crippen LogP contribution is -2.34. The summed E-state index contributed by atoms with van der Waals surface area (Å²) >= 11 is 0. The zero-order chi connectivity index (χ0) is 36.0. The summed E-state index contributed by atoms with van der Waals surface area (Å²) < 4.78 is 115. The van der Waals surface area contributed by atoms with Crippen LogP contribution in [0.4, 0.5) is 27.6 Å². The summed E-state index contributed by atoms with van der Waals surface area (Å²) in [5.74, 6) is -0.536. The highest BCUT2D eigenvalue weighted by atomic mass is 32.2. The van der Waals surface area contributed by atoms with Crippen LogP contribution in [0.2, 0.25) is 0 Å². The number of nitrogens with one attached hydrogen (secondary N) is 1. The predicted molar refractivity (Wildman–Crippen MR) is 167 cm³/mol. The third-order valence-corrected chi connectivity index (χ3v) is 10.00. The number of phosphoric ester groups is 1. The standard InChI is InChI=1S/C31H34F5N2O9PS/c1-2-49(43,44)27-13-5-20(6-14-27)28(15-16-46-48(40,41)42)37-29(39)21-3-9-23(10-4-21)38-18-26(17-24(38)19-45-30(32)33)47-25-11-7-22(8-12-25)31(34,35)36/h3-14,24,26,28,30H,2,15-19H2,1H3,(H,37,39)(H2,40,41,42)/t24-,26-,28?/m0/s1. The van der Waals surface area contributed by atoms with Gasteiger partial charge >= 0.3 is 20.6 Å². The Balaban J connectivity index is 1.48. The molecule has 4 rings (SSSR count). The van der Waals surface area contributed by atoms with Crippen molar-refractivity contribution in [2.45, 2.75) is 55.6 Å². The van der Waals surface area contributed by atoms with Gasteiger partial charge in [-0.15, -0.1) is 0 Å². The molecule has 3 N–H and O–H groups in total. The van der Waals surface area contributed by atoms with Crippen LogP contribution in [0.1, 0.15) is 47.3 Å². The summed E-state index contributed by atoms with van der Waals surface area (Å²) in [4.78, 5) is 33.2. The number of benzene rings is 3. The minimum absolute atomic E-state index is 0.0667. The monoisotopic (exact) mass is 736 g/mol. The molecule has 18 heteroatoms. The molecule has 49 heavy (non-hydrogen) atoms. The van der Waals surface area contributed by atoms with Crippen LogP contribution in [0, 0.1) is 0 Å². The van der Waals surface area contributed by atoms with Gasteiger partial charge in [0.1, 0.15) is 11.9 Å². The highest BCUT2D eigenvalue weighted by Crippen LogP contribution is 2.37. The maximum atomic E-state index is 13.3. The number of anilines is 1. The van der Waals surface area contributed by atoms with Crippen LogP contribution in [0.5, 0.6) is 5.75 Å². The molecule has 0 aromatic heterocycles. The van der Waals surface area contributed by atoms with Crippen molar-refractivity contribution in [1.29, 1.82) is 0 Å². The fourth-order valence-corrected chi connectivity index (χ4v) is 6.49. The molecule has 1 aliphatic heterocycles. The van der Waals surface area contributed by atoms with E-state index in [1.165, 1.54) is 55.5 Å². The first-order chi connectivity index (χ1) is 22.9. The average molecular weight is 737 g/mol. The van der Waals surface area contributed by atoms with Crippen molar-refractivity contribution >= 4 is 29.3 Å². The second-order valence-electron chi connectivity index (χ2n) is 11.1. The molecule has 1 amide bonds. The number of rotatable bonds is 15. The molecule has 0 aliphatic carbocycles. The van der Waals surface area contributed by atoms with Crippen molar-refractivity contribution in [2.24, 2.45) is 0 Å². The van der Waals surface area contributed by atoms with E-state index in [4.69, 9.17) is 14.5 Å². The van der Waals surface area contributed by atoms with E-state index < -0.39 is 66.7 Å². The number of ether oxygens (including phenoxy) is 2. The number of hydrogen-bond acceptors (Lipinski definition) is 8. The summed E-state index contributed by atoms with van der Waals surface area (Å²) in [5, 5.41) is 2.76. The first kappa shape index (κ1) is 38.2. The Kier molecular flexibility index (Phi) is 12.4. The molecule has 0 spiro atoms. The maximum Gasteiger partial charge on any atom is 0.469 e. The highest BCUT2D eigenvalue weighted by Gasteiger charge is 2.35. The largest absolute Gasteiger partial charge is 0.489 e. The number of phosphoric acid groups is 1. The van der Waals surface area contributed by atoms with Gasteiger partial charge in [0.05, 0.1) is 48.1 Å². The first-order valence-corrected chi connectivity index (χ1v) is 18.1. The molecule has 3 aromatic carbocycles. The highest BCUT2D eigenvalue weighted by molar-refractivity contribution is 7.91. The molecule has 0 radical (unpaired) electrons. The summed E-state index contributed by atoms with van der Waals surface area (Å²) in [5.41, 5.74) is 0.304. The lowest BCUT2D eigenvalue weighted by atomic mass is 10.0. The molecule has 1 unspecified atom stereocenters. The van der Waals surface area contributed by atoms with Crippen molar-refractivity contribution < 1.29 is 63.5 Å². The van der Waals surface area contributed by atoms with Crippen molar-refractivity contribution in [2.75, 3.05) is 30.4 Å². The minimum Gasteiger partial charge on any atom is -0.489 e. The molecule has 1 fully saturated rings. The van der Waals surface area contributed by atoms with Crippen LogP contribution in [-0.2, 0) is 29.8 Å². The lowest BCUT2D eigenvalue weighted by molar-refractivity contribution is -0.137. The average Bonchev–Trinajstić information content (AvgIpc) is 3.45. The van der Waals surface area contributed by atoms with Gasteiger partial charge in [0, 0.05) is 17.7 Å². The van der Waals surface area contributed by atoms with Crippen LogP contribution in [-0.4, -0.2) is 68.4 Å². The SMILES string of the molecule is CCS(=O)(=O)c1ccc(C(CCOP(=O)(O)O)NC(=O)c2ccc(N3C[C@@H](Oc4ccc(C(F)(F)F)cc4)C[C@H]3COC(F)F)cc2)cc1. The van der Waals surface area contributed by atoms with Gasteiger partial charge < -0.3 is 29.5 Å². The van der Waals surface area contributed by atoms with Gasteiger partial charge in [-0.05, 0) is 72.6 Å². The van der Waals surface area contributed by atoms with E-state index >= 15 is 0 Å². The fourth-order valence-electron chi connectivity index (χ4n) is 5.26. The van der Waals surface area contributed by atoms with Gasteiger partial charge in [-0.25, -0.2) is 13.0 Å². The van der Waals surface area contributed by atoms with E-state index in [2.05, 4.69) is 14.6 Å². The van der Waals surface area contributed by atoms with Gasteiger partial charge in [0.25, 0.3) is 5.91 Å². The Morgan fingerprint density at radius 3 is 2.20 bits per heavy atom. The molecule has 1 heterocycles. The van der Waals surface area contributed by atoms with E-state index in [1.807, 2.05) is 0 Å². The molecular weight excluding hydrogens is 702 g/mol. The Morgan fingerprint density at radius 2 is 1.65 bits per heavy atom. The van der Waals surface area contributed by atoms with Gasteiger partial charge in [0.2, 0.25) is 0 Å². The van der Waals surface area contributed by atoms with Gasteiger partial charge in [0.15, 0.2) is 9.84 Å². The molecule has 3 aromatic rings. The van der Waals surface area contributed by atoms with Crippen molar-refractivity contribution in [1.82, 2.24) is 5.32 Å². The van der Waals surface area contributed by atoms with Gasteiger partial charge in [-0.2, -0.15) is 22.0 Å². The number of carbonyl (C=O) groups is 1. The number of sulfone groups is 1. The van der Waals surface area contributed by atoms with Gasteiger partial charge in [-0.1, -0.05) is 19.1 Å². The molecule has 1 saturated heterocycles. The molecular formula is C31H34F5N2O9PS. The van der Waals surface area contributed by atoms with Crippen LogP contribution in [0.15, 0.2) is 77.7 Å². The molecule has 1 aliphatic rings. The quantitative estimate of drug-likeness (QED) is 0.130. The van der Waals surface area contributed by atoms with Crippen LogP contribution in [0.3, 0.4) is 0 Å². The number of carbonyl (C=O) groups excluding carboxylic acids is 1. The number of amides is 1. The first-order valence-electron chi connectivity index (χ1n) is 14.9. The maximum absolute atomic E-state index is 13.3. The normalized spacial score (nSPS) is 17.7. The Morgan fingerprint density at radius 1 is 1.02 bits per heavy atom. The van der Waals surface area contributed by atoms with Crippen molar-refractivity contribution in [3.8, 4) is 5.75 Å². The van der Waals surface area contributed by atoms with E-state index in [0.717, 1.165) is 12.1 Å². The van der Waals surface area contributed by atoms with Crippen molar-refractivity contribution in [3.63, 3.8) is 0 Å². The van der Waals surface area contributed by atoms with Crippen LogP contribution >= 0.6 is 7.82 Å². The van der Waals surface area contributed by atoms with Crippen LogP contribution < -0.4 is 15.0 Å². The minimum atomic E-state index is -4.80. The summed E-state index contributed by atoms with van der Waals surface area (Å²) in [6.45, 7) is -2.17. The molecule has 268 valence electrons. The Bertz CT molecular complexity index is 1710. The Hall–Kier alpha value is -3.60. The van der Waals surface area contributed by atoms with Gasteiger partial charge in [-0.3, -0.25) is 9.32 Å². The van der Waals surface area contributed by atoms with Crippen molar-refractivity contribution in [3.05, 3.63) is 89.5 Å². The second kappa shape index (κ2) is 16.0. The molecule has 0 bridgehead atoms. The molecule has 3 atom stereocenters. The topological polar surface area (TPSA) is 152 Å². The summed E-state index contributed by atoms with van der Waals surface area (Å²) in [7, 11) is -8.30. The fraction of sp³-hybridized carbons (Fsp3) is 0.387. The summed E-state index contributed by atoms with van der Waals surface area (Å²) in [6.07, 6.45) is -4.96. The van der Waals surface area contributed by atoms with E-state index in [1.54, 1.807) is 17.0 Å². The second-order valence-corrected chi connectivity index (χ2v) is 14.6. The lowest BCUT2D eigenvalue weighted by Gasteiger charge is -2.26. The third kappa shape index (κ3) is 10.9. The predicted octanol–water partition coefficient (Wildman–Crippen LogP) is 5.74. The third-order valence-electron chi connectivity index (χ3n) is 7.73. The smallest absolute Gasteiger partial charge is 0.469 e. The number of alkyl halides is 5. The van der Waals surface area contributed by atoms with E-state index in [-0.39, 0.29) is 48.0 Å². The molecule has 0 saturated carbocycles. The zero-order valence-corrected chi connectivity index (χ0v) is 27.6. The molecule has 11 nitrogen and oxygen atoms in total. The summed E-state index contributed by atoms with van der Waals surface area (Å²) in [6, 6.07) is 14.5.